The summed E-state index contributed by atoms with van der Waals surface area (Å²) in [6.45, 7) is 2.19. The molecule has 1 nitrogen and oxygen atoms in total. The molecule has 2 aromatic carbocycles. The first kappa shape index (κ1) is 14.3. The van der Waals surface area contributed by atoms with Gasteiger partial charge in [0, 0.05) is 17.8 Å². The molecule has 1 aliphatic rings. The van der Waals surface area contributed by atoms with E-state index >= 15 is 0 Å². The highest BCUT2D eigenvalue weighted by molar-refractivity contribution is 14.2. The quantitative estimate of drug-likeness (QED) is 0.603. The van der Waals surface area contributed by atoms with Crippen molar-refractivity contribution in [3.63, 3.8) is 0 Å². The third-order valence-electron chi connectivity index (χ3n) is 3.29. The number of allylic oxidation sites excluding steroid dienone is 2. The number of para-hydroxylation sites is 2. The zero-order valence-electron chi connectivity index (χ0n) is 12.0. The lowest BCUT2D eigenvalue weighted by atomic mass is 10.2. The monoisotopic (exact) mass is 387 g/mol. The molecule has 21 heavy (non-hydrogen) atoms. The van der Waals surface area contributed by atoms with Gasteiger partial charge in [-0.1, -0.05) is 69.3 Å². The van der Waals surface area contributed by atoms with Crippen LogP contribution in [0.4, 0.5) is 11.4 Å². The Labute approximate surface area is 136 Å². The van der Waals surface area contributed by atoms with Crippen molar-refractivity contribution in [2.45, 2.75) is 13.3 Å². The van der Waals surface area contributed by atoms with Crippen LogP contribution in [0, 0.1) is 0 Å². The van der Waals surface area contributed by atoms with E-state index in [1.807, 2.05) is 0 Å². The highest BCUT2D eigenvalue weighted by atomic mass is 127. The number of hydrogen-bond donors (Lipinski definition) is 0. The predicted octanol–water partition coefficient (Wildman–Crippen LogP) is 5.79. The van der Waals surface area contributed by atoms with Crippen molar-refractivity contribution in [2.75, 3.05) is 4.90 Å². The molecule has 0 fully saturated rings. The van der Waals surface area contributed by atoms with Gasteiger partial charge in [-0.15, -0.1) is 0 Å². The molecule has 2 heteroatoms. The molecule has 0 saturated carbocycles. The van der Waals surface area contributed by atoms with Crippen LogP contribution in [0.5, 0.6) is 0 Å². The van der Waals surface area contributed by atoms with Crippen molar-refractivity contribution in [2.24, 2.45) is 0 Å². The van der Waals surface area contributed by atoms with Crippen LogP contribution in [-0.2, 0) is 0 Å². The van der Waals surface area contributed by atoms with Crippen LogP contribution in [0.3, 0.4) is 0 Å². The zero-order chi connectivity index (χ0) is 14.5. The molecule has 2 aromatic rings. The van der Waals surface area contributed by atoms with Crippen LogP contribution in [-0.4, -0.2) is 3.63 Å². The molecule has 0 N–H and O–H groups in total. The van der Waals surface area contributed by atoms with E-state index < -0.39 is 0 Å². The van der Waals surface area contributed by atoms with Crippen molar-refractivity contribution in [1.29, 1.82) is 0 Å². The molecule has 0 amide bonds. The van der Waals surface area contributed by atoms with E-state index in [-0.39, 0.29) is 20.7 Å². The molecule has 106 valence electrons. The summed E-state index contributed by atoms with van der Waals surface area (Å²) in [5.74, 6) is 0. The van der Waals surface area contributed by atoms with Crippen LogP contribution < -0.4 is 4.90 Å². The Kier molecular flexibility index (Phi) is 4.65. The summed E-state index contributed by atoms with van der Waals surface area (Å²) >= 11 is -0.0927. The lowest BCUT2D eigenvalue weighted by Crippen LogP contribution is -2.23. The largest absolute Gasteiger partial charge is 0.309 e. The summed E-state index contributed by atoms with van der Waals surface area (Å²) in [7, 11) is 0. The van der Waals surface area contributed by atoms with Crippen LogP contribution >= 0.6 is 20.7 Å². The minimum atomic E-state index is -0.0927. The van der Waals surface area contributed by atoms with Gasteiger partial charge in [0.1, 0.15) is 0 Å². The van der Waals surface area contributed by atoms with Crippen LogP contribution in [0.1, 0.15) is 13.3 Å². The summed E-state index contributed by atoms with van der Waals surface area (Å²) in [6.07, 6.45) is 5.55. The number of rotatable bonds is 3. The van der Waals surface area contributed by atoms with Crippen LogP contribution in [0.25, 0.3) is 0 Å². The van der Waals surface area contributed by atoms with Gasteiger partial charge < -0.3 is 4.90 Å². The molecule has 0 atom stereocenters. The van der Waals surface area contributed by atoms with E-state index in [1.165, 1.54) is 20.6 Å². The number of nitrogens with zero attached hydrogens (tertiary/aromatic N) is 1. The molecular weight excluding hydrogens is 369 g/mol. The topological polar surface area (TPSA) is 3.24 Å². The molecule has 0 spiro atoms. The maximum atomic E-state index is 2.42. The Morgan fingerprint density at radius 1 is 0.857 bits per heavy atom. The average molecular weight is 387 g/mol. The van der Waals surface area contributed by atoms with E-state index in [0.717, 1.165) is 6.42 Å². The van der Waals surface area contributed by atoms with E-state index in [1.54, 1.807) is 0 Å². The third-order valence-corrected chi connectivity index (χ3v) is 6.23. The second-order valence-electron chi connectivity index (χ2n) is 4.95. The van der Waals surface area contributed by atoms with Crippen molar-refractivity contribution in [1.82, 2.24) is 0 Å². The van der Waals surface area contributed by atoms with Gasteiger partial charge in [-0.05, 0) is 40.8 Å². The maximum absolute atomic E-state index is 2.42. The average Bonchev–Trinajstić information content (AvgIpc) is 2.75. The second-order valence-corrected chi connectivity index (χ2v) is 7.44. The molecule has 3 rings (SSSR count). The summed E-state index contributed by atoms with van der Waals surface area (Å²) < 4.78 is 3.93. The molecule has 0 aromatic heterocycles. The van der Waals surface area contributed by atoms with Gasteiger partial charge >= 0.3 is 0 Å². The summed E-state index contributed by atoms with van der Waals surface area (Å²) in [5.41, 5.74) is 3.89. The number of benzene rings is 2. The lowest BCUT2D eigenvalue weighted by Gasteiger charge is -2.26. The number of anilines is 2. The minimum Gasteiger partial charge on any atom is -0.309 e. The highest BCUT2D eigenvalue weighted by Gasteiger charge is 2.14. The summed E-state index contributed by atoms with van der Waals surface area (Å²) in [6, 6.07) is 21.3. The first-order valence-electron chi connectivity index (χ1n) is 7.07. The van der Waals surface area contributed by atoms with Crippen LogP contribution in [0.2, 0.25) is 0 Å². The molecule has 0 aliphatic carbocycles. The smallest absolute Gasteiger partial charge is 0.0601 e. The molecular formula is C19H18IN. The van der Waals surface area contributed by atoms with E-state index in [9.17, 15) is 0 Å². The number of halogens is 1. The molecule has 1 aliphatic heterocycles. The second kappa shape index (κ2) is 6.85. The van der Waals surface area contributed by atoms with Crippen molar-refractivity contribution in [3.05, 3.63) is 82.5 Å². The fraction of sp³-hybridized carbons (Fsp3) is 0.105. The molecule has 0 bridgehead atoms. The normalized spacial score (nSPS) is 14.5. The Hall–Kier alpha value is -1.68. The van der Waals surface area contributed by atoms with Crippen molar-refractivity contribution < 1.29 is 0 Å². The fourth-order valence-corrected chi connectivity index (χ4v) is 4.70. The van der Waals surface area contributed by atoms with Gasteiger partial charge in [0.2, 0.25) is 0 Å². The molecule has 1 heterocycles. The van der Waals surface area contributed by atoms with Crippen molar-refractivity contribution in [3.8, 4) is 0 Å². The Balaban J connectivity index is 2.07. The van der Waals surface area contributed by atoms with Gasteiger partial charge in [-0.2, -0.15) is 0 Å². The van der Waals surface area contributed by atoms with Gasteiger partial charge in [0.05, 0.1) is 3.63 Å². The molecule has 0 unspecified atom stereocenters. The SMILES string of the molecule is CC1=CI=C(N(c2ccccc2)c2ccccc2)CC=C1. The first-order valence-corrected chi connectivity index (χ1v) is 9.40. The minimum absolute atomic E-state index is 0.0927. The Morgan fingerprint density at radius 2 is 1.43 bits per heavy atom. The van der Waals surface area contributed by atoms with E-state index in [4.69, 9.17) is 0 Å². The summed E-state index contributed by atoms with van der Waals surface area (Å²) in [5, 5.41) is 0. The van der Waals surface area contributed by atoms with Gasteiger partial charge in [0.15, 0.2) is 0 Å². The fourth-order valence-electron chi connectivity index (χ4n) is 2.30. The zero-order valence-corrected chi connectivity index (χ0v) is 14.2. The first-order chi connectivity index (χ1) is 10.3. The van der Waals surface area contributed by atoms with Crippen molar-refractivity contribution >= 4 is 35.7 Å². The van der Waals surface area contributed by atoms with E-state index in [0.29, 0.717) is 0 Å². The molecule has 0 radical (unpaired) electrons. The number of hydrogen-bond acceptors (Lipinski definition) is 1. The standard InChI is InChI=1S/C19H18IN/c1-16-9-8-14-19(20-15-16)21(17-10-4-2-5-11-17)18-12-6-3-7-13-18/h2-13,15H,14H2,1H3. The molecule has 0 saturated heterocycles. The van der Waals surface area contributed by atoms with Gasteiger partial charge in [-0.25, -0.2) is 0 Å². The summed E-state index contributed by atoms with van der Waals surface area (Å²) in [4.78, 5) is 2.42. The Morgan fingerprint density at radius 3 is 2.00 bits per heavy atom. The van der Waals surface area contributed by atoms with Crippen LogP contribution in [0.15, 0.2) is 82.5 Å². The lowest BCUT2D eigenvalue weighted by molar-refractivity contribution is 1.31. The van der Waals surface area contributed by atoms with Gasteiger partial charge in [-0.3, -0.25) is 0 Å². The predicted molar refractivity (Wildman–Crippen MR) is 102 cm³/mol. The Bertz CT molecular complexity index is 645. The van der Waals surface area contributed by atoms with Gasteiger partial charge in [0.25, 0.3) is 0 Å². The highest BCUT2D eigenvalue weighted by Crippen LogP contribution is 2.30. The third kappa shape index (κ3) is 3.50. The maximum Gasteiger partial charge on any atom is 0.0601 e. The van der Waals surface area contributed by atoms with E-state index in [2.05, 4.69) is 88.7 Å².